The largest absolute Gasteiger partial charge is 0.274 e. The molecule has 0 saturated carbocycles. The van der Waals surface area contributed by atoms with Gasteiger partial charge < -0.3 is 0 Å². The summed E-state index contributed by atoms with van der Waals surface area (Å²) < 4.78 is 1.18. The molecular formula is C24H11Cl3N4O. The number of benzene rings is 2. The number of nitrogens with zero attached hydrogens (tertiary/aromatic N) is 4. The van der Waals surface area contributed by atoms with Gasteiger partial charge in [0.15, 0.2) is 5.82 Å². The average Bonchev–Trinajstić information content (AvgIpc) is 2.79. The molecule has 8 heteroatoms. The molecule has 0 amide bonds. The fourth-order valence-electron chi connectivity index (χ4n) is 3.25. The van der Waals surface area contributed by atoms with Crippen LogP contribution in [0, 0.1) is 22.7 Å². The van der Waals surface area contributed by atoms with Gasteiger partial charge in [0, 0.05) is 27.4 Å². The molecule has 5 nitrogen and oxygen atoms in total. The van der Waals surface area contributed by atoms with Gasteiger partial charge in [0.1, 0.15) is 17.7 Å². The zero-order valence-corrected chi connectivity index (χ0v) is 18.4. The summed E-state index contributed by atoms with van der Waals surface area (Å²) in [5, 5.41) is 20.4. The molecule has 0 spiro atoms. The summed E-state index contributed by atoms with van der Waals surface area (Å²) in [4.78, 5) is 17.4. The van der Waals surface area contributed by atoms with Crippen molar-refractivity contribution in [3.05, 3.63) is 103 Å². The Kier molecular flexibility index (Phi) is 5.99. The van der Waals surface area contributed by atoms with E-state index in [1.165, 1.54) is 16.8 Å². The van der Waals surface area contributed by atoms with E-state index in [0.29, 0.717) is 31.9 Å². The molecule has 4 rings (SSSR count). The average molecular weight is 478 g/mol. The van der Waals surface area contributed by atoms with Gasteiger partial charge in [0.2, 0.25) is 0 Å². The first-order valence-corrected chi connectivity index (χ1v) is 10.3. The molecule has 2 heterocycles. The van der Waals surface area contributed by atoms with Gasteiger partial charge in [-0.2, -0.15) is 10.5 Å². The van der Waals surface area contributed by atoms with Crippen molar-refractivity contribution in [1.82, 2.24) is 9.55 Å². The lowest BCUT2D eigenvalue weighted by Gasteiger charge is -2.15. The Morgan fingerprint density at radius 2 is 1.50 bits per heavy atom. The van der Waals surface area contributed by atoms with Gasteiger partial charge >= 0.3 is 0 Å². The van der Waals surface area contributed by atoms with E-state index in [-0.39, 0.29) is 16.9 Å². The first-order valence-electron chi connectivity index (χ1n) is 9.21. The third-order valence-electron chi connectivity index (χ3n) is 4.76. The van der Waals surface area contributed by atoms with E-state index in [2.05, 4.69) is 11.1 Å². The van der Waals surface area contributed by atoms with Crippen LogP contribution in [0.25, 0.3) is 28.2 Å². The number of rotatable bonds is 3. The zero-order chi connectivity index (χ0) is 22.8. The van der Waals surface area contributed by atoms with Crippen LogP contribution in [-0.2, 0) is 0 Å². The third-order valence-corrected chi connectivity index (χ3v) is 5.56. The van der Waals surface area contributed by atoms with Crippen LogP contribution in [0.4, 0.5) is 0 Å². The van der Waals surface area contributed by atoms with Crippen molar-refractivity contribution in [1.29, 1.82) is 10.5 Å². The molecule has 2 aromatic carbocycles. The molecule has 32 heavy (non-hydrogen) atoms. The minimum Gasteiger partial charge on any atom is -0.267 e. The quantitative estimate of drug-likeness (QED) is 0.348. The summed E-state index contributed by atoms with van der Waals surface area (Å²) >= 11 is 18.6. The number of pyridine rings is 2. The van der Waals surface area contributed by atoms with Crippen LogP contribution in [0.5, 0.6) is 0 Å². The number of hydrogen-bond acceptors (Lipinski definition) is 4. The van der Waals surface area contributed by atoms with Crippen molar-refractivity contribution < 1.29 is 0 Å². The SMILES string of the molecule is N#Cc1cc(-c2ccc(Cl)cc2)c(-c2ccc(Cl)cc2Cl)nc1-n1cccc(C#N)c1=O. The van der Waals surface area contributed by atoms with Crippen LogP contribution < -0.4 is 5.56 Å². The number of halogens is 3. The van der Waals surface area contributed by atoms with Crippen molar-refractivity contribution in [2.24, 2.45) is 0 Å². The van der Waals surface area contributed by atoms with Crippen LogP contribution in [0.2, 0.25) is 15.1 Å². The lowest BCUT2D eigenvalue weighted by molar-refractivity contribution is 0.932. The molecule has 154 valence electrons. The van der Waals surface area contributed by atoms with Gasteiger partial charge in [0.25, 0.3) is 5.56 Å². The summed E-state index contributed by atoms with van der Waals surface area (Å²) in [5.74, 6) is 0.0910. The highest BCUT2D eigenvalue weighted by Crippen LogP contribution is 2.37. The molecule has 0 bridgehead atoms. The van der Waals surface area contributed by atoms with Gasteiger partial charge in [-0.15, -0.1) is 0 Å². The fraction of sp³-hybridized carbons (Fsp3) is 0. The highest BCUT2D eigenvalue weighted by atomic mass is 35.5. The Labute approximate surface area is 198 Å². The van der Waals surface area contributed by atoms with E-state index < -0.39 is 5.56 Å². The van der Waals surface area contributed by atoms with Crippen molar-refractivity contribution in [3.8, 4) is 40.3 Å². The first-order chi connectivity index (χ1) is 15.4. The first kappa shape index (κ1) is 21.6. The van der Waals surface area contributed by atoms with Gasteiger partial charge in [0.05, 0.1) is 16.3 Å². The zero-order valence-electron chi connectivity index (χ0n) is 16.2. The van der Waals surface area contributed by atoms with Gasteiger partial charge in [-0.3, -0.25) is 9.36 Å². The van der Waals surface area contributed by atoms with Gasteiger partial charge in [-0.25, -0.2) is 4.98 Å². The molecule has 0 atom stereocenters. The fourth-order valence-corrected chi connectivity index (χ4v) is 3.88. The van der Waals surface area contributed by atoms with Crippen molar-refractivity contribution in [3.63, 3.8) is 0 Å². The van der Waals surface area contributed by atoms with Gasteiger partial charge in [-0.1, -0.05) is 46.9 Å². The Hall–Kier alpha value is -3.61. The number of aromatic nitrogens is 2. The molecule has 0 aliphatic heterocycles. The maximum absolute atomic E-state index is 12.8. The molecule has 0 N–H and O–H groups in total. The van der Waals surface area contributed by atoms with Crippen molar-refractivity contribution in [2.45, 2.75) is 0 Å². The second kappa shape index (κ2) is 8.86. The van der Waals surface area contributed by atoms with Crippen LogP contribution in [0.15, 0.2) is 71.7 Å². The standard InChI is InChI=1S/C24H11Cl3N4O/c25-17-5-3-14(4-6-17)20-10-16(13-29)23(31-9-1-2-15(12-28)24(31)32)30-22(20)19-8-7-18(26)11-21(19)27/h1-11H. The third kappa shape index (κ3) is 3.98. The van der Waals surface area contributed by atoms with Crippen LogP contribution >= 0.6 is 34.8 Å². The maximum atomic E-state index is 12.8. The molecule has 0 aliphatic carbocycles. The van der Waals surface area contributed by atoms with Gasteiger partial charge in [-0.05, 0) is 54.1 Å². The highest BCUT2D eigenvalue weighted by molar-refractivity contribution is 6.36. The van der Waals surface area contributed by atoms with Crippen molar-refractivity contribution >= 4 is 34.8 Å². The van der Waals surface area contributed by atoms with Crippen LogP contribution in [-0.4, -0.2) is 9.55 Å². The van der Waals surface area contributed by atoms with E-state index in [0.717, 1.165) is 5.56 Å². The Morgan fingerprint density at radius 1 is 0.812 bits per heavy atom. The molecule has 2 aromatic heterocycles. The minimum absolute atomic E-state index is 0.0638. The topological polar surface area (TPSA) is 82.5 Å². The molecule has 0 fully saturated rings. The number of nitriles is 2. The van der Waals surface area contributed by atoms with Crippen molar-refractivity contribution in [2.75, 3.05) is 0 Å². The summed E-state index contributed by atoms with van der Waals surface area (Å²) in [7, 11) is 0. The van der Waals surface area contributed by atoms with E-state index in [1.54, 1.807) is 54.6 Å². The summed E-state index contributed by atoms with van der Waals surface area (Å²) in [6.07, 6.45) is 1.46. The molecule has 0 saturated heterocycles. The van der Waals surface area contributed by atoms with Crippen LogP contribution in [0.3, 0.4) is 0 Å². The molecule has 4 aromatic rings. The lowest BCUT2D eigenvalue weighted by Crippen LogP contribution is -2.22. The Balaban J connectivity index is 2.09. The minimum atomic E-state index is -0.577. The number of hydrogen-bond donors (Lipinski definition) is 0. The molecule has 0 unspecified atom stereocenters. The molecule has 0 aliphatic rings. The normalized spacial score (nSPS) is 10.4. The second-order valence-electron chi connectivity index (χ2n) is 6.71. The summed E-state index contributed by atoms with van der Waals surface area (Å²) in [5.41, 5.74) is 1.90. The van der Waals surface area contributed by atoms with E-state index in [4.69, 9.17) is 34.8 Å². The Bertz CT molecular complexity index is 1500. The van der Waals surface area contributed by atoms with E-state index in [1.807, 2.05) is 6.07 Å². The molecular weight excluding hydrogens is 467 g/mol. The second-order valence-corrected chi connectivity index (χ2v) is 7.99. The lowest BCUT2D eigenvalue weighted by atomic mass is 9.97. The molecule has 0 radical (unpaired) electrons. The smallest absolute Gasteiger partial charge is 0.267 e. The predicted molar refractivity (Wildman–Crippen MR) is 125 cm³/mol. The predicted octanol–water partition coefficient (Wildman–Crippen LogP) is 6.27. The Morgan fingerprint density at radius 3 is 2.16 bits per heavy atom. The maximum Gasteiger partial charge on any atom is 0.274 e. The van der Waals surface area contributed by atoms with Crippen LogP contribution in [0.1, 0.15) is 11.1 Å². The summed E-state index contributed by atoms with van der Waals surface area (Å²) in [6, 6.07) is 20.6. The highest BCUT2D eigenvalue weighted by Gasteiger charge is 2.19. The van der Waals surface area contributed by atoms with E-state index >= 15 is 0 Å². The monoisotopic (exact) mass is 476 g/mol. The summed E-state index contributed by atoms with van der Waals surface area (Å²) in [6.45, 7) is 0. The van der Waals surface area contributed by atoms with E-state index in [9.17, 15) is 15.3 Å².